The Kier molecular flexibility index (Phi) is 4.83. The maximum absolute atomic E-state index is 11.3. The zero-order chi connectivity index (χ0) is 12.0. The monoisotopic (exact) mass is 222 g/mol. The lowest BCUT2D eigenvalue weighted by atomic mass is 10.1. The molecule has 0 radical (unpaired) electrons. The van der Waals surface area contributed by atoms with Crippen molar-refractivity contribution in [2.24, 2.45) is 0 Å². The molecule has 0 aliphatic heterocycles. The number of ether oxygens (including phenoxy) is 2. The molecule has 88 valence electrons. The second kappa shape index (κ2) is 6.16. The molecule has 1 aromatic carbocycles. The molecule has 1 rings (SSSR count). The lowest BCUT2D eigenvalue weighted by molar-refractivity contribution is 0.0600. The van der Waals surface area contributed by atoms with Gasteiger partial charge in [0.05, 0.1) is 19.3 Å². The number of hydrogen-bond donors (Lipinski definition) is 0. The third-order valence-corrected chi connectivity index (χ3v) is 2.36. The van der Waals surface area contributed by atoms with Gasteiger partial charge in [-0.3, -0.25) is 0 Å². The normalized spacial score (nSPS) is 9.94. The topological polar surface area (TPSA) is 35.5 Å². The molecule has 0 aliphatic rings. The van der Waals surface area contributed by atoms with Crippen LogP contribution in [0.2, 0.25) is 0 Å². The van der Waals surface area contributed by atoms with Gasteiger partial charge in [0.25, 0.3) is 0 Å². The van der Waals surface area contributed by atoms with Gasteiger partial charge in [0.15, 0.2) is 0 Å². The van der Waals surface area contributed by atoms with Gasteiger partial charge in [-0.25, -0.2) is 4.79 Å². The summed E-state index contributed by atoms with van der Waals surface area (Å²) in [6, 6.07) is 5.35. The molecule has 0 bridgehead atoms. The summed E-state index contributed by atoms with van der Waals surface area (Å²) in [5, 5.41) is 0. The lowest BCUT2D eigenvalue weighted by Gasteiger charge is -2.09. The highest BCUT2D eigenvalue weighted by molar-refractivity contribution is 5.89. The minimum absolute atomic E-state index is 0.333. The van der Waals surface area contributed by atoms with Crippen molar-refractivity contribution >= 4 is 5.97 Å². The summed E-state index contributed by atoms with van der Waals surface area (Å²) in [5.41, 5.74) is 1.56. The Bertz CT molecular complexity index is 358. The van der Waals surface area contributed by atoms with E-state index in [4.69, 9.17) is 4.74 Å². The van der Waals surface area contributed by atoms with Crippen LogP contribution in [0.4, 0.5) is 0 Å². The van der Waals surface area contributed by atoms with Crippen LogP contribution in [-0.2, 0) is 4.74 Å². The van der Waals surface area contributed by atoms with Crippen molar-refractivity contribution in [3.63, 3.8) is 0 Å². The Hall–Kier alpha value is -1.51. The molecule has 0 N–H and O–H groups in total. The van der Waals surface area contributed by atoms with E-state index in [2.05, 4.69) is 11.7 Å². The number of esters is 1. The van der Waals surface area contributed by atoms with E-state index in [-0.39, 0.29) is 5.97 Å². The number of methoxy groups -OCH3 is 1. The molecule has 0 aromatic heterocycles. The van der Waals surface area contributed by atoms with Gasteiger partial charge < -0.3 is 9.47 Å². The van der Waals surface area contributed by atoms with Crippen LogP contribution >= 0.6 is 0 Å². The van der Waals surface area contributed by atoms with Crippen LogP contribution in [0.25, 0.3) is 0 Å². The fraction of sp³-hybridized carbons (Fsp3) is 0.462. The number of carbonyl (C=O) groups excluding carboxylic acids is 1. The molecular weight excluding hydrogens is 204 g/mol. The fourth-order valence-corrected chi connectivity index (χ4v) is 1.33. The first kappa shape index (κ1) is 12.6. The molecule has 3 heteroatoms. The minimum Gasteiger partial charge on any atom is -0.493 e. The van der Waals surface area contributed by atoms with Gasteiger partial charge in [-0.15, -0.1) is 0 Å². The highest BCUT2D eigenvalue weighted by Gasteiger charge is 2.08. The standard InChI is InChI=1S/C13H18O3/c1-4-5-8-16-12-9-11(13(14)15-3)7-6-10(12)2/h6-7,9H,4-5,8H2,1-3H3. The van der Waals surface area contributed by atoms with Crippen LogP contribution < -0.4 is 4.74 Å². The molecule has 0 fully saturated rings. The Morgan fingerprint density at radius 1 is 1.38 bits per heavy atom. The summed E-state index contributed by atoms with van der Waals surface area (Å²) in [4.78, 5) is 11.3. The summed E-state index contributed by atoms with van der Waals surface area (Å²) in [6.45, 7) is 4.76. The molecule has 0 saturated heterocycles. The quantitative estimate of drug-likeness (QED) is 0.567. The van der Waals surface area contributed by atoms with Gasteiger partial charge in [-0.2, -0.15) is 0 Å². The second-order valence-corrected chi connectivity index (χ2v) is 3.67. The second-order valence-electron chi connectivity index (χ2n) is 3.67. The van der Waals surface area contributed by atoms with E-state index in [0.29, 0.717) is 12.2 Å². The van der Waals surface area contributed by atoms with Crippen molar-refractivity contribution in [3.8, 4) is 5.75 Å². The molecule has 1 aromatic rings. The van der Waals surface area contributed by atoms with E-state index in [1.54, 1.807) is 12.1 Å². The number of carbonyl (C=O) groups is 1. The van der Waals surface area contributed by atoms with Gasteiger partial charge >= 0.3 is 5.97 Å². The lowest BCUT2D eigenvalue weighted by Crippen LogP contribution is -2.03. The molecule has 0 aliphatic carbocycles. The number of benzene rings is 1. The maximum atomic E-state index is 11.3. The molecule has 0 saturated carbocycles. The van der Waals surface area contributed by atoms with E-state index in [9.17, 15) is 4.79 Å². The summed E-state index contributed by atoms with van der Waals surface area (Å²) in [6.07, 6.45) is 2.11. The molecule has 16 heavy (non-hydrogen) atoms. The van der Waals surface area contributed by atoms with Gasteiger partial charge in [0, 0.05) is 0 Å². The fourth-order valence-electron chi connectivity index (χ4n) is 1.33. The van der Waals surface area contributed by atoms with Crippen LogP contribution in [0.15, 0.2) is 18.2 Å². The molecule has 0 heterocycles. The third kappa shape index (κ3) is 3.26. The zero-order valence-corrected chi connectivity index (χ0v) is 10.1. The minimum atomic E-state index is -0.333. The summed E-state index contributed by atoms with van der Waals surface area (Å²) < 4.78 is 10.3. The SMILES string of the molecule is CCCCOc1cc(C(=O)OC)ccc1C. The van der Waals surface area contributed by atoms with Crippen molar-refractivity contribution in [1.29, 1.82) is 0 Å². The van der Waals surface area contributed by atoms with E-state index < -0.39 is 0 Å². The van der Waals surface area contributed by atoms with Crippen LogP contribution in [0, 0.1) is 6.92 Å². The number of unbranched alkanes of at least 4 members (excludes halogenated alkanes) is 1. The van der Waals surface area contributed by atoms with E-state index in [1.807, 2.05) is 13.0 Å². The van der Waals surface area contributed by atoms with Gasteiger partial charge in [-0.05, 0) is 31.0 Å². The first-order chi connectivity index (χ1) is 7.69. The van der Waals surface area contributed by atoms with Crippen molar-refractivity contribution in [1.82, 2.24) is 0 Å². The van der Waals surface area contributed by atoms with E-state index >= 15 is 0 Å². The van der Waals surface area contributed by atoms with Crippen molar-refractivity contribution in [2.45, 2.75) is 26.7 Å². The van der Waals surface area contributed by atoms with Crippen molar-refractivity contribution in [3.05, 3.63) is 29.3 Å². The van der Waals surface area contributed by atoms with E-state index in [0.717, 1.165) is 24.2 Å². The molecule has 0 unspecified atom stereocenters. The Morgan fingerprint density at radius 2 is 2.12 bits per heavy atom. The Balaban J connectivity index is 2.78. The van der Waals surface area contributed by atoms with Crippen LogP contribution in [-0.4, -0.2) is 19.7 Å². The predicted octanol–water partition coefficient (Wildman–Crippen LogP) is 2.96. The zero-order valence-electron chi connectivity index (χ0n) is 10.1. The van der Waals surface area contributed by atoms with Crippen LogP contribution in [0.5, 0.6) is 5.75 Å². The third-order valence-electron chi connectivity index (χ3n) is 2.36. The van der Waals surface area contributed by atoms with Crippen LogP contribution in [0.1, 0.15) is 35.7 Å². The highest BCUT2D eigenvalue weighted by atomic mass is 16.5. The first-order valence-corrected chi connectivity index (χ1v) is 5.50. The predicted molar refractivity (Wildman–Crippen MR) is 62.9 cm³/mol. The number of rotatable bonds is 5. The average Bonchev–Trinajstić information content (AvgIpc) is 2.31. The molecular formula is C13H18O3. The van der Waals surface area contributed by atoms with E-state index in [1.165, 1.54) is 7.11 Å². The number of aryl methyl sites for hydroxylation is 1. The number of hydrogen-bond acceptors (Lipinski definition) is 3. The smallest absolute Gasteiger partial charge is 0.337 e. The molecule has 0 atom stereocenters. The molecule has 0 amide bonds. The van der Waals surface area contributed by atoms with Gasteiger partial charge in [0.2, 0.25) is 0 Å². The largest absolute Gasteiger partial charge is 0.493 e. The summed E-state index contributed by atoms with van der Waals surface area (Å²) in [7, 11) is 1.37. The molecule has 0 spiro atoms. The Labute approximate surface area is 96.4 Å². The molecule has 3 nitrogen and oxygen atoms in total. The maximum Gasteiger partial charge on any atom is 0.337 e. The first-order valence-electron chi connectivity index (χ1n) is 5.50. The van der Waals surface area contributed by atoms with Gasteiger partial charge in [0.1, 0.15) is 5.75 Å². The summed E-state index contributed by atoms with van der Waals surface area (Å²) >= 11 is 0. The summed E-state index contributed by atoms with van der Waals surface area (Å²) in [5.74, 6) is 0.427. The average molecular weight is 222 g/mol. The van der Waals surface area contributed by atoms with Gasteiger partial charge in [-0.1, -0.05) is 19.4 Å². The van der Waals surface area contributed by atoms with Crippen molar-refractivity contribution < 1.29 is 14.3 Å². The Morgan fingerprint density at radius 3 is 2.75 bits per heavy atom. The van der Waals surface area contributed by atoms with Crippen molar-refractivity contribution in [2.75, 3.05) is 13.7 Å². The van der Waals surface area contributed by atoms with Crippen LogP contribution in [0.3, 0.4) is 0 Å². The highest BCUT2D eigenvalue weighted by Crippen LogP contribution is 2.20.